The molecule has 2 aliphatic heterocycles. The molecule has 3 unspecified atom stereocenters. The van der Waals surface area contributed by atoms with Gasteiger partial charge in [0.2, 0.25) is 0 Å². The number of hydrogen-bond donors (Lipinski definition) is 0. The van der Waals surface area contributed by atoms with Crippen LogP contribution in [0.2, 0.25) is 0 Å². The fourth-order valence-electron chi connectivity index (χ4n) is 6.11. The van der Waals surface area contributed by atoms with E-state index in [1.807, 2.05) is 0 Å². The molecule has 0 aromatic carbocycles. The van der Waals surface area contributed by atoms with Crippen LogP contribution >= 0.6 is 0 Å². The summed E-state index contributed by atoms with van der Waals surface area (Å²) < 4.78 is 12.0. The predicted octanol–water partition coefficient (Wildman–Crippen LogP) is 4.46. The third-order valence-electron chi connectivity index (χ3n) is 7.14. The summed E-state index contributed by atoms with van der Waals surface area (Å²) in [6.45, 7) is 10.8. The number of ether oxygens (including phenoxy) is 2. The largest absolute Gasteiger partial charge is 0.422 e. The summed E-state index contributed by atoms with van der Waals surface area (Å²) in [4.78, 5) is 25.8. The van der Waals surface area contributed by atoms with Crippen molar-refractivity contribution in [3.8, 4) is 0 Å². The molecule has 25 heavy (non-hydrogen) atoms. The molecule has 4 bridgehead atoms. The van der Waals surface area contributed by atoms with Crippen molar-refractivity contribution in [3.05, 3.63) is 0 Å². The Bertz CT molecular complexity index is 600. The standard InChI is InChI=1S/C21H32O4/c1-18(2,3)11-20(12-19(20,4)5)17(23)25-21-9-13-6-14(10-21)8-15(7-13)16(22)24-21/h13-15H,6-12H2,1-5H3. The summed E-state index contributed by atoms with van der Waals surface area (Å²) in [6.07, 6.45) is 6.04. The van der Waals surface area contributed by atoms with Gasteiger partial charge in [-0.1, -0.05) is 34.6 Å². The maximum atomic E-state index is 13.3. The topological polar surface area (TPSA) is 52.6 Å². The van der Waals surface area contributed by atoms with Gasteiger partial charge in [-0.2, -0.15) is 0 Å². The van der Waals surface area contributed by atoms with E-state index in [9.17, 15) is 9.59 Å². The zero-order valence-corrected chi connectivity index (χ0v) is 16.3. The second-order valence-corrected chi connectivity index (χ2v) is 11.1. The molecule has 0 spiro atoms. The Morgan fingerprint density at radius 1 is 1.16 bits per heavy atom. The van der Waals surface area contributed by atoms with E-state index < -0.39 is 11.2 Å². The first-order valence-corrected chi connectivity index (χ1v) is 9.90. The van der Waals surface area contributed by atoms with Gasteiger partial charge in [0.25, 0.3) is 5.79 Å². The van der Waals surface area contributed by atoms with E-state index in [0.29, 0.717) is 24.7 Å². The highest BCUT2D eigenvalue weighted by Crippen LogP contribution is 2.69. The smallest absolute Gasteiger partial charge is 0.315 e. The second-order valence-electron chi connectivity index (χ2n) is 11.1. The first-order valence-electron chi connectivity index (χ1n) is 9.90. The monoisotopic (exact) mass is 348 g/mol. The van der Waals surface area contributed by atoms with Crippen LogP contribution in [0.1, 0.15) is 79.6 Å². The van der Waals surface area contributed by atoms with Crippen molar-refractivity contribution in [1.29, 1.82) is 0 Å². The van der Waals surface area contributed by atoms with E-state index in [1.165, 1.54) is 0 Å². The van der Waals surface area contributed by atoms with E-state index in [-0.39, 0.29) is 28.7 Å². The summed E-state index contributed by atoms with van der Waals surface area (Å²) in [5.41, 5.74) is -0.422. The molecule has 5 fully saturated rings. The Labute approximate surface area is 151 Å². The molecular weight excluding hydrogens is 316 g/mol. The van der Waals surface area contributed by atoms with Crippen LogP contribution < -0.4 is 0 Å². The van der Waals surface area contributed by atoms with Crippen LogP contribution in [0.3, 0.4) is 0 Å². The molecule has 0 radical (unpaired) electrons. The van der Waals surface area contributed by atoms with Crippen molar-refractivity contribution in [2.75, 3.05) is 0 Å². The van der Waals surface area contributed by atoms with Crippen LogP contribution in [-0.4, -0.2) is 17.7 Å². The van der Waals surface area contributed by atoms with E-state index >= 15 is 0 Å². The number of carbonyl (C=O) groups excluding carboxylic acids is 2. The van der Waals surface area contributed by atoms with Gasteiger partial charge in [0.05, 0.1) is 11.3 Å². The second kappa shape index (κ2) is 5.01. The SMILES string of the molecule is CC(C)(C)CC1(C(=O)OC23CC4CC(CC(C4)C(=O)O2)C3)CC1(C)C. The average molecular weight is 348 g/mol. The maximum Gasteiger partial charge on any atom is 0.315 e. The fourth-order valence-corrected chi connectivity index (χ4v) is 6.11. The average Bonchev–Trinajstić information content (AvgIpc) is 3.00. The van der Waals surface area contributed by atoms with E-state index in [4.69, 9.17) is 9.47 Å². The van der Waals surface area contributed by atoms with Crippen LogP contribution in [0.4, 0.5) is 0 Å². The number of esters is 2. The quantitative estimate of drug-likeness (QED) is 0.707. The molecule has 140 valence electrons. The fraction of sp³-hybridized carbons (Fsp3) is 0.905. The molecular formula is C21H32O4. The van der Waals surface area contributed by atoms with Gasteiger partial charge in [-0.25, -0.2) is 0 Å². The van der Waals surface area contributed by atoms with Crippen molar-refractivity contribution in [3.63, 3.8) is 0 Å². The van der Waals surface area contributed by atoms with Gasteiger partial charge in [0.1, 0.15) is 0 Å². The molecule has 4 heteroatoms. The van der Waals surface area contributed by atoms with Crippen LogP contribution in [0.5, 0.6) is 0 Å². The van der Waals surface area contributed by atoms with Crippen LogP contribution in [0.15, 0.2) is 0 Å². The Kier molecular flexibility index (Phi) is 3.48. The Hall–Kier alpha value is -1.06. The van der Waals surface area contributed by atoms with Gasteiger partial charge >= 0.3 is 11.9 Å². The van der Waals surface area contributed by atoms with Gasteiger partial charge in [0.15, 0.2) is 0 Å². The lowest BCUT2D eigenvalue weighted by molar-refractivity contribution is -0.245. The predicted molar refractivity (Wildman–Crippen MR) is 93.4 cm³/mol. The first-order chi connectivity index (χ1) is 11.4. The molecule has 0 aromatic rings. The number of rotatable bonds is 3. The summed E-state index contributed by atoms with van der Waals surface area (Å²) in [6, 6.07) is 0. The zero-order chi connectivity index (χ0) is 18.3. The molecule has 3 saturated carbocycles. The van der Waals surface area contributed by atoms with E-state index in [0.717, 1.165) is 32.1 Å². The minimum Gasteiger partial charge on any atom is -0.422 e. The van der Waals surface area contributed by atoms with Crippen molar-refractivity contribution in [1.82, 2.24) is 0 Å². The highest BCUT2D eigenvalue weighted by atomic mass is 16.7. The minimum absolute atomic E-state index is 0.0210. The molecule has 5 rings (SSSR count). The number of fused-ring (bicyclic) bond motifs is 1. The highest BCUT2D eigenvalue weighted by molar-refractivity contribution is 5.82. The first kappa shape index (κ1) is 17.4. The number of carbonyl (C=O) groups is 2. The molecule has 5 aliphatic rings. The molecule has 2 heterocycles. The van der Waals surface area contributed by atoms with Crippen molar-refractivity contribution >= 4 is 11.9 Å². The summed E-state index contributed by atoms with van der Waals surface area (Å²) in [5, 5.41) is 0. The van der Waals surface area contributed by atoms with Crippen LogP contribution in [-0.2, 0) is 19.1 Å². The van der Waals surface area contributed by atoms with Crippen LogP contribution in [0, 0.1) is 34.0 Å². The third kappa shape index (κ3) is 2.80. The minimum atomic E-state index is -0.990. The van der Waals surface area contributed by atoms with Gasteiger partial charge in [-0.3, -0.25) is 9.59 Å². The van der Waals surface area contributed by atoms with Gasteiger partial charge < -0.3 is 9.47 Å². The Morgan fingerprint density at radius 3 is 2.20 bits per heavy atom. The lowest BCUT2D eigenvalue weighted by Crippen LogP contribution is -2.46. The number of hydrogen-bond acceptors (Lipinski definition) is 4. The molecule has 0 aromatic heterocycles. The summed E-state index contributed by atoms with van der Waals surface area (Å²) in [5.74, 6) is -0.327. The molecule has 4 nitrogen and oxygen atoms in total. The van der Waals surface area contributed by atoms with Crippen molar-refractivity contribution in [2.24, 2.45) is 34.0 Å². The van der Waals surface area contributed by atoms with E-state index in [2.05, 4.69) is 34.6 Å². The van der Waals surface area contributed by atoms with Gasteiger partial charge in [0, 0.05) is 12.8 Å². The molecule has 0 N–H and O–H groups in total. The lowest BCUT2D eigenvalue weighted by atomic mass is 9.67. The Morgan fingerprint density at radius 2 is 1.72 bits per heavy atom. The van der Waals surface area contributed by atoms with Crippen LogP contribution in [0.25, 0.3) is 0 Å². The molecule has 3 aliphatic carbocycles. The van der Waals surface area contributed by atoms with Gasteiger partial charge in [-0.15, -0.1) is 0 Å². The Balaban J connectivity index is 1.58. The zero-order valence-electron chi connectivity index (χ0n) is 16.3. The maximum absolute atomic E-state index is 13.3. The van der Waals surface area contributed by atoms with Gasteiger partial charge in [-0.05, 0) is 54.8 Å². The molecule has 2 saturated heterocycles. The highest BCUT2D eigenvalue weighted by Gasteiger charge is 2.69. The normalized spacial score (nSPS) is 44.2. The van der Waals surface area contributed by atoms with Crippen molar-refractivity contribution in [2.45, 2.75) is 85.4 Å². The lowest BCUT2D eigenvalue weighted by Gasteiger charge is -2.43. The molecule has 0 amide bonds. The summed E-state index contributed by atoms with van der Waals surface area (Å²) in [7, 11) is 0. The van der Waals surface area contributed by atoms with E-state index in [1.54, 1.807) is 0 Å². The van der Waals surface area contributed by atoms with Crippen molar-refractivity contribution < 1.29 is 19.1 Å². The third-order valence-corrected chi connectivity index (χ3v) is 7.14. The summed E-state index contributed by atoms with van der Waals surface area (Å²) >= 11 is 0. The molecule has 3 atom stereocenters.